The molecule has 0 aromatic heterocycles. The fraction of sp³-hybridized carbons (Fsp3) is 0.235. The lowest BCUT2D eigenvalue weighted by Gasteiger charge is -2.13. The molecule has 0 heterocycles. The van der Waals surface area contributed by atoms with Gasteiger partial charge in [0.15, 0.2) is 0 Å². The van der Waals surface area contributed by atoms with E-state index >= 15 is 0 Å². The first-order valence-corrected chi connectivity index (χ1v) is 7.15. The van der Waals surface area contributed by atoms with Gasteiger partial charge in [0.1, 0.15) is 4.99 Å². The van der Waals surface area contributed by atoms with Gasteiger partial charge in [-0.2, -0.15) is 0 Å². The predicted molar refractivity (Wildman–Crippen MR) is 90.9 cm³/mol. The van der Waals surface area contributed by atoms with Gasteiger partial charge in [-0.1, -0.05) is 49.8 Å². The fourth-order valence-electron chi connectivity index (χ4n) is 2.08. The Hall–Kier alpha value is -1.87. The van der Waals surface area contributed by atoms with Crippen LogP contribution >= 0.6 is 12.2 Å². The molecule has 0 saturated carbocycles. The van der Waals surface area contributed by atoms with Crippen LogP contribution in [0, 0.1) is 6.92 Å². The highest BCUT2D eigenvalue weighted by Gasteiger charge is 2.06. The molecule has 104 valence electrons. The normalized spacial score (nSPS) is 10.6. The summed E-state index contributed by atoms with van der Waals surface area (Å²) in [6.07, 6.45) is 0. The zero-order valence-electron chi connectivity index (χ0n) is 12.1. The molecule has 3 N–H and O–H groups in total. The SMILES string of the molecule is Cc1ccc(Nc2ccc(C(C)C)cc2)c(C(N)=S)c1. The molecule has 0 unspecified atom stereocenters. The fourth-order valence-corrected chi connectivity index (χ4v) is 2.25. The Bertz CT molecular complexity index is 615. The van der Waals surface area contributed by atoms with Crippen molar-refractivity contribution in [1.82, 2.24) is 0 Å². The van der Waals surface area contributed by atoms with Crippen LogP contribution in [0.2, 0.25) is 0 Å². The van der Waals surface area contributed by atoms with Gasteiger partial charge in [-0.25, -0.2) is 0 Å². The number of rotatable bonds is 4. The summed E-state index contributed by atoms with van der Waals surface area (Å²) in [7, 11) is 0. The lowest BCUT2D eigenvalue weighted by Crippen LogP contribution is -2.12. The van der Waals surface area contributed by atoms with E-state index in [-0.39, 0.29) is 0 Å². The van der Waals surface area contributed by atoms with Crippen LogP contribution in [0.4, 0.5) is 11.4 Å². The van der Waals surface area contributed by atoms with E-state index in [2.05, 4.69) is 43.4 Å². The molecule has 0 saturated heterocycles. The first-order chi connectivity index (χ1) is 9.47. The van der Waals surface area contributed by atoms with E-state index < -0.39 is 0 Å². The van der Waals surface area contributed by atoms with Crippen LogP contribution in [-0.4, -0.2) is 4.99 Å². The average Bonchev–Trinajstić information content (AvgIpc) is 2.41. The number of thiocarbonyl (C=S) groups is 1. The number of aryl methyl sites for hydroxylation is 1. The summed E-state index contributed by atoms with van der Waals surface area (Å²) in [5.74, 6) is 0.538. The van der Waals surface area contributed by atoms with E-state index in [1.54, 1.807) is 0 Å². The lowest BCUT2D eigenvalue weighted by molar-refractivity contribution is 0.867. The molecule has 2 nitrogen and oxygen atoms in total. The van der Waals surface area contributed by atoms with Crippen LogP contribution in [-0.2, 0) is 0 Å². The van der Waals surface area contributed by atoms with E-state index in [0.717, 1.165) is 22.5 Å². The van der Waals surface area contributed by atoms with E-state index in [0.29, 0.717) is 10.9 Å². The molecule has 0 aliphatic heterocycles. The number of nitrogens with one attached hydrogen (secondary N) is 1. The number of benzene rings is 2. The van der Waals surface area contributed by atoms with Crippen molar-refractivity contribution in [2.24, 2.45) is 5.73 Å². The van der Waals surface area contributed by atoms with Gasteiger partial charge < -0.3 is 11.1 Å². The van der Waals surface area contributed by atoms with Crippen molar-refractivity contribution >= 4 is 28.6 Å². The molecule has 0 bridgehead atoms. The minimum absolute atomic E-state index is 0.412. The highest BCUT2D eigenvalue weighted by molar-refractivity contribution is 7.80. The van der Waals surface area contributed by atoms with Crippen molar-refractivity contribution in [2.75, 3.05) is 5.32 Å². The molecule has 0 atom stereocenters. The van der Waals surface area contributed by atoms with Crippen LogP contribution in [0.5, 0.6) is 0 Å². The number of nitrogens with two attached hydrogens (primary N) is 1. The highest BCUT2D eigenvalue weighted by atomic mass is 32.1. The zero-order valence-corrected chi connectivity index (χ0v) is 12.9. The molecule has 2 rings (SSSR count). The summed E-state index contributed by atoms with van der Waals surface area (Å²) in [6.45, 7) is 6.41. The Labute approximate surface area is 126 Å². The second-order valence-electron chi connectivity index (χ2n) is 5.31. The van der Waals surface area contributed by atoms with Gasteiger partial charge in [-0.3, -0.25) is 0 Å². The molecular formula is C17H20N2S. The molecule has 0 amide bonds. The summed E-state index contributed by atoms with van der Waals surface area (Å²) in [4.78, 5) is 0.412. The van der Waals surface area contributed by atoms with E-state index in [4.69, 9.17) is 18.0 Å². The zero-order chi connectivity index (χ0) is 14.7. The standard InChI is InChI=1S/C17H20N2S/c1-11(2)13-5-7-14(8-6-13)19-16-9-4-12(3)10-15(16)17(18)20/h4-11,19H,1-3H3,(H2,18,20). The topological polar surface area (TPSA) is 38.0 Å². The van der Waals surface area contributed by atoms with Crippen molar-refractivity contribution in [3.05, 3.63) is 59.2 Å². The third-order valence-electron chi connectivity index (χ3n) is 3.30. The molecule has 0 fully saturated rings. The van der Waals surface area contributed by atoms with Crippen LogP contribution in [0.3, 0.4) is 0 Å². The quantitative estimate of drug-likeness (QED) is 0.812. The molecule has 0 radical (unpaired) electrons. The Morgan fingerprint density at radius 1 is 1.10 bits per heavy atom. The monoisotopic (exact) mass is 284 g/mol. The van der Waals surface area contributed by atoms with Crippen LogP contribution in [0.25, 0.3) is 0 Å². The molecule has 0 aliphatic rings. The third-order valence-corrected chi connectivity index (χ3v) is 3.52. The number of hydrogen-bond acceptors (Lipinski definition) is 2. The summed E-state index contributed by atoms with van der Waals surface area (Å²) < 4.78 is 0. The maximum Gasteiger partial charge on any atom is 0.106 e. The summed E-state index contributed by atoms with van der Waals surface area (Å²) in [5, 5.41) is 3.38. The minimum Gasteiger partial charge on any atom is -0.389 e. The van der Waals surface area contributed by atoms with Gasteiger partial charge in [0, 0.05) is 16.9 Å². The van der Waals surface area contributed by atoms with Crippen LogP contribution in [0.1, 0.15) is 36.5 Å². The second-order valence-corrected chi connectivity index (χ2v) is 5.75. The Kier molecular flexibility index (Phi) is 4.40. The van der Waals surface area contributed by atoms with E-state index in [1.165, 1.54) is 5.56 Å². The van der Waals surface area contributed by atoms with Gasteiger partial charge in [-0.05, 0) is 42.7 Å². The third kappa shape index (κ3) is 3.36. The first-order valence-electron chi connectivity index (χ1n) is 6.75. The molecule has 20 heavy (non-hydrogen) atoms. The molecule has 0 aliphatic carbocycles. The van der Waals surface area contributed by atoms with E-state index in [1.807, 2.05) is 25.1 Å². The first kappa shape index (κ1) is 14.5. The Morgan fingerprint density at radius 2 is 1.75 bits per heavy atom. The van der Waals surface area contributed by atoms with Crippen molar-refractivity contribution in [1.29, 1.82) is 0 Å². The average molecular weight is 284 g/mol. The van der Waals surface area contributed by atoms with Crippen molar-refractivity contribution < 1.29 is 0 Å². The molecule has 0 spiro atoms. The van der Waals surface area contributed by atoms with Crippen molar-refractivity contribution in [3.63, 3.8) is 0 Å². The second kappa shape index (κ2) is 6.06. The summed E-state index contributed by atoms with van der Waals surface area (Å²) >= 11 is 5.12. The minimum atomic E-state index is 0.412. The lowest BCUT2D eigenvalue weighted by atomic mass is 10.0. The summed E-state index contributed by atoms with van der Waals surface area (Å²) in [6, 6.07) is 14.5. The predicted octanol–water partition coefficient (Wildman–Crippen LogP) is 4.50. The number of hydrogen-bond donors (Lipinski definition) is 2. The Morgan fingerprint density at radius 3 is 2.30 bits per heavy atom. The van der Waals surface area contributed by atoms with Gasteiger partial charge in [0.05, 0.1) is 0 Å². The maximum absolute atomic E-state index is 5.79. The number of anilines is 2. The molecular weight excluding hydrogens is 264 g/mol. The maximum atomic E-state index is 5.79. The Balaban J connectivity index is 2.28. The van der Waals surface area contributed by atoms with Gasteiger partial charge in [-0.15, -0.1) is 0 Å². The van der Waals surface area contributed by atoms with Crippen molar-refractivity contribution in [2.45, 2.75) is 26.7 Å². The van der Waals surface area contributed by atoms with Crippen molar-refractivity contribution in [3.8, 4) is 0 Å². The van der Waals surface area contributed by atoms with Gasteiger partial charge >= 0.3 is 0 Å². The molecule has 2 aromatic carbocycles. The molecule has 2 aromatic rings. The van der Waals surface area contributed by atoms with Gasteiger partial charge in [0.2, 0.25) is 0 Å². The van der Waals surface area contributed by atoms with E-state index in [9.17, 15) is 0 Å². The summed E-state index contributed by atoms with van der Waals surface area (Å²) in [5.41, 5.74) is 11.1. The van der Waals surface area contributed by atoms with Gasteiger partial charge in [0.25, 0.3) is 0 Å². The van der Waals surface area contributed by atoms with Crippen LogP contribution < -0.4 is 11.1 Å². The van der Waals surface area contributed by atoms with Crippen LogP contribution in [0.15, 0.2) is 42.5 Å². The molecule has 3 heteroatoms. The highest BCUT2D eigenvalue weighted by Crippen LogP contribution is 2.24. The largest absolute Gasteiger partial charge is 0.389 e. The smallest absolute Gasteiger partial charge is 0.106 e.